The first-order valence-corrected chi connectivity index (χ1v) is 20.4. The Balaban J connectivity index is 1.30. The number of unbranched alkanes of at least 4 members (excludes halogenated alkanes) is 1. The van der Waals surface area contributed by atoms with Gasteiger partial charge in [-0.2, -0.15) is 0 Å². The Hall–Kier alpha value is -6.29. The second kappa shape index (κ2) is 19.4. The number of phenols is 2. The lowest BCUT2D eigenvalue weighted by Crippen LogP contribution is -2.56. The number of hydrogen-bond acceptors (Lipinski definition) is 10. The molecule has 2 heterocycles. The second-order valence-electron chi connectivity index (χ2n) is 15.3. The fourth-order valence-corrected chi connectivity index (χ4v) is 7.38. The summed E-state index contributed by atoms with van der Waals surface area (Å²) >= 11 is 6.04. The number of carbonyl (C=O) groups is 6. The Kier molecular flexibility index (Phi) is 14.1. The van der Waals surface area contributed by atoms with E-state index in [9.17, 15) is 39.0 Å². The van der Waals surface area contributed by atoms with Crippen LogP contribution in [-0.4, -0.2) is 101 Å². The molecule has 0 aliphatic carbocycles. The Morgan fingerprint density at radius 2 is 1.49 bits per heavy atom. The fourth-order valence-electron chi connectivity index (χ4n) is 7.26. The van der Waals surface area contributed by atoms with Crippen LogP contribution in [0.4, 0.5) is 0 Å². The van der Waals surface area contributed by atoms with Crippen molar-refractivity contribution in [2.24, 2.45) is 5.73 Å². The van der Waals surface area contributed by atoms with Crippen molar-refractivity contribution < 1.29 is 43.7 Å². The third-order valence-corrected chi connectivity index (χ3v) is 11.1. The Labute approximate surface area is 358 Å². The third-order valence-electron chi connectivity index (χ3n) is 10.8. The summed E-state index contributed by atoms with van der Waals surface area (Å²) in [6.45, 7) is 3.16. The molecule has 61 heavy (non-hydrogen) atoms. The van der Waals surface area contributed by atoms with E-state index in [1.54, 1.807) is 49.4 Å². The average molecular weight is 853 g/mol. The number of fused-ring (bicyclic) bond motifs is 5. The molecule has 0 radical (unpaired) electrons. The highest BCUT2D eigenvalue weighted by Crippen LogP contribution is 2.39. The zero-order chi connectivity index (χ0) is 44.0. The number of halogens is 1. The minimum atomic E-state index is -1.43. The number of aromatic hydroxyl groups is 2. The molecule has 2 aliphatic heterocycles. The van der Waals surface area contributed by atoms with Crippen molar-refractivity contribution >= 4 is 46.9 Å². The van der Waals surface area contributed by atoms with Crippen LogP contribution in [0.2, 0.25) is 5.02 Å². The number of nitrogens with one attached hydrogen (secondary N) is 4. The van der Waals surface area contributed by atoms with E-state index in [1.165, 1.54) is 44.3 Å². The number of amides is 5. The van der Waals surface area contributed by atoms with Crippen molar-refractivity contribution in [2.75, 3.05) is 20.1 Å². The molecule has 4 aromatic rings. The zero-order valence-corrected chi connectivity index (χ0v) is 34.7. The third kappa shape index (κ3) is 10.7. The number of ketones is 1. The second-order valence-corrected chi connectivity index (χ2v) is 15.8. The Bertz CT molecular complexity index is 2300. The Morgan fingerprint density at radius 1 is 0.869 bits per heavy atom. The van der Waals surface area contributed by atoms with E-state index in [0.717, 1.165) is 16.0 Å². The number of nitrogens with zero attached hydrogens (tertiary/aromatic N) is 1. The summed E-state index contributed by atoms with van der Waals surface area (Å²) in [5.41, 5.74) is 8.78. The maximum atomic E-state index is 14.5. The first-order valence-electron chi connectivity index (χ1n) is 20.0. The first kappa shape index (κ1) is 44.3. The molecule has 5 amide bonds. The van der Waals surface area contributed by atoms with Crippen LogP contribution in [0.25, 0.3) is 22.3 Å². The molecule has 2 aliphatic rings. The van der Waals surface area contributed by atoms with Crippen LogP contribution in [-0.2, 0) is 35.1 Å². The molecular weight excluding hydrogens is 804 g/mol. The molecule has 6 atom stereocenters. The molecule has 320 valence electrons. The molecule has 1 saturated heterocycles. The summed E-state index contributed by atoms with van der Waals surface area (Å²) in [5, 5.41) is 33.5. The van der Waals surface area contributed by atoms with E-state index < -0.39 is 59.8 Å². The van der Waals surface area contributed by atoms with Gasteiger partial charge in [0.05, 0.1) is 12.6 Å². The summed E-state index contributed by atoms with van der Waals surface area (Å²) in [5.74, 6) is -4.17. The van der Waals surface area contributed by atoms with E-state index >= 15 is 0 Å². The zero-order valence-electron chi connectivity index (χ0n) is 33.9. The number of epoxide rings is 1. The van der Waals surface area contributed by atoms with E-state index in [2.05, 4.69) is 21.3 Å². The van der Waals surface area contributed by atoms with Gasteiger partial charge in [-0.3, -0.25) is 28.8 Å². The van der Waals surface area contributed by atoms with E-state index in [1.807, 2.05) is 12.1 Å². The average Bonchev–Trinajstić information content (AvgIpc) is 3.99. The number of nitrogens with two attached hydrogens (primary N) is 1. The van der Waals surface area contributed by atoms with Gasteiger partial charge in [-0.25, -0.2) is 0 Å². The quantitative estimate of drug-likeness (QED) is 0.0764. The number of hydrogen-bond donors (Lipinski definition) is 7. The lowest BCUT2D eigenvalue weighted by molar-refractivity contribution is -0.141. The van der Waals surface area contributed by atoms with Crippen molar-refractivity contribution in [3.05, 3.63) is 107 Å². The van der Waals surface area contributed by atoms with Gasteiger partial charge in [0.2, 0.25) is 23.6 Å². The lowest BCUT2D eigenvalue weighted by Gasteiger charge is -2.32. The van der Waals surface area contributed by atoms with Gasteiger partial charge in [0.25, 0.3) is 5.91 Å². The van der Waals surface area contributed by atoms with E-state index in [-0.39, 0.29) is 59.5 Å². The maximum absolute atomic E-state index is 14.5. The van der Waals surface area contributed by atoms with Crippen LogP contribution >= 0.6 is 11.6 Å². The van der Waals surface area contributed by atoms with Crippen molar-refractivity contribution in [3.63, 3.8) is 0 Å². The molecule has 0 spiro atoms. The molecule has 6 unspecified atom stereocenters. The summed E-state index contributed by atoms with van der Waals surface area (Å²) in [6.07, 6.45) is 0.262. The van der Waals surface area contributed by atoms with Gasteiger partial charge in [0.1, 0.15) is 41.8 Å². The van der Waals surface area contributed by atoms with Gasteiger partial charge >= 0.3 is 0 Å². The highest BCUT2D eigenvalue weighted by molar-refractivity contribution is 6.30. The largest absolute Gasteiger partial charge is 0.507 e. The Morgan fingerprint density at radius 3 is 2.13 bits per heavy atom. The van der Waals surface area contributed by atoms with Gasteiger partial charge in [-0.15, -0.1) is 0 Å². The summed E-state index contributed by atoms with van der Waals surface area (Å²) in [4.78, 5) is 83.4. The number of carbonyl (C=O) groups excluding carboxylic acids is 6. The summed E-state index contributed by atoms with van der Waals surface area (Å²) in [6, 6.07) is 17.8. The van der Waals surface area contributed by atoms with Crippen molar-refractivity contribution in [2.45, 2.75) is 75.9 Å². The molecule has 1 fully saturated rings. The van der Waals surface area contributed by atoms with Crippen LogP contribution in [0.5, 0.6) is 11.5 Å². The number of phenolic OH excluding ortho intramolecular Hbond substituents is 2. The van der Waals surface area contributed by atoms with Crippen LogP contribution in [0.1, 0.15) is 60.6 Å². The van der Waals surface area contributed by atoms with E-state index in [0.29, 0.717) is 35.5 Å². The molecule has 0 saturated carbocycles. The molecule has 15 nitrogen and oxygen atoms in total. The first-order chi connectivity index (χ1) is 29.1. The van der Waals surface area contributed by atoms with Gasteiger partial charge in [-0.1, -0.05) is 48.0 Å². The molecule has 6 rings (SSSR count). The fraction of sp³-hybridized carbons (Fsp3) is 0.333. The standard InChI is InChI=1S/C45H49ClN6O9/c1-24-41(56)51-35(43(58)48-23-38(55)40-25(2)61-40)21-26-7-17-36(53)32(20-26)33-22-30(14-18-37(33)54)39(44(59)49-24)52(3)45(60)34(6-4-5-19-47)50-42(57)29-10-8-27(9-11-29)28-12-15-31(46)16-13-28/h7-18,20,22,24-25,34-35,39-40,53-54H,4-6,19,21,23,47H2,1-3H3,(H,48,58)(H,49,59)(H,50,57)(H,51,56). The number of ether oxygens (including phenoxy) is 1. The monoisotopic (exact) mass is 852 g/mol. The maximum Gasteiger partial charge on any atom is 0.251 e. The van der Waals surface area contributed by atoms with E-state index in [4.69, 9.17) is 22.1 Å². The lowest BCUT2D eigenvalue weighted by atomic mass is 9.93. The predicted octanol–water partition coefficient (Wildman–Crippen LogP) is 3.53. The van der Waals surface area contributed by atoms with Crippen molar-refractivity contribution in [3.8, 4) is 33.8 Å². The van der Waals surface area contributed by atoms with Crippen molar-refractivity contribution in [1.29, 1.82) is 0 Å². The highest BCUT2D eigenvalue weighted by Gasteiger charge is 2.41. The summed E-state index contributed by atoms with van der Waals surface area (Å²) in [7, 11) is 1.39. The SMILES string of the molecule is CC1NC(=O)C(N(C)C(=O)C(CCCCN)NC(=O)c2ccc(-c3ccc(Cl)cc3)cc2)c2ccc(O)c(c2)-c2cc(ccc2O)CC(C(=O)NCC(=O)C2OC2C)NC1=O. The molecule has 4 bridgehead atoms. The highest BCUT2D eigenvalue weighted by atomic mass is 35.5. The number of benzene rings is 4. The van der Waals surface area contributed by atoms with Gasteiger partial charge in [0, 0.05) is 35.2 Å². The molecule has 8 N–H and O–H groups in total. The predicted molar refractivity (Wildman–Crippen MR) is 227 cm³/mol. The van der Waals surface area contributed by atoms with Crippen LogP contribution < -0.4 is 27.0 Å². The minimum absolute atomic E-state index is 0.0832. The smallest absolute Gasteiger partial charge is 0.251 e. The molecule has 16 heteroatoms. The topological polar surface area (TPSA) is 233 Å². The van der Waals surface area contributed by atoms with Crippen LogP contribution in [0.3, 0.4) is 0 Å². The van der Waals surface area contributed by atoms with Gasteiger partial charge in [0.15, 0.2) is 5.78 Å². The molecule has 0 aromatic heterocycles. The normalized spacial score (nSPS) is 20.2. The van der Waals surface area contributed by atoms with Crippen LogP contribution in [0, 0.1) is 0 Å². The molecule has 4 aromatic carbocycles. The minimum Gasteiger partial charge on any atom is -0.507 e. The van der Waals surface area contributed by atoms with Gasteiger partial charge in [-0.05, 0) is 110 Å². The molecular formula is C45H49ClN6O9. The summed E-state index contributed by atoms with van der Waals surface area (Å²) < 4.78 is 5.20. The number of Topliss-reactive ketones (excluding diaryl/α,β-unsaturated/α-hetero) is 1. The van der Waals surface area contributed by atoms with Crippen LogP contribution in [0.15, 0.2) is 84.9 Å². The van der Waals surface area contributed by atoms with Crippen molar-refractivity contribution in [1.82, 2.24) is 26.2 Å². The van der Waals surface area contributed by atoms with Gasteiger partial charge < -0.3 is 46.9 Å². The number of likely N-dealkylation sites (N-methyl/N-ethyl adjacent to an activating group) is 1. The number of rotatable bonds is 13.